The largest absolute Gasteiger partial charge is 0.350 e. The average Bonchev–Trinajstić information content (AvgIpc) is 3.30. The SMILES string of the molecule is CC(C)(C)C(=O)NC1C=NN2C=CC(N3CCC[C@@H]3c3cc(F)ccc3F)=NC12. The van der Waals surface area contributed by atoms with Crippen molar-refractivity contribution in [1.29, 1.82) is 0 Å². The Morgan fingerprint density at radius 3 is 2.83 bits per heavy atom. The number of rotatable bonds is 2. The Bertz CT molecular complexity index is 905. The van der Waals surface area contributed by atoms with Crippen molar-refractivity contribution in [2.75, 3.05) is 6.54 Å². The number of likely N-dealkylation sites (tertiary alicyclic amines) is 1. The summed E-state index contributed by atoms with van der Waals surface area (Å²) in [6.07, 6.45) is 6.52. The van der Waals surface area contributed by atoms with Crippen molar-refractivity contribution in [2.24, 2.45) is 15.5 Å². The van der Waals surface area contributed by atoms with Crippen molar-refractivity contribution in [2.45, 2.75) is 51.9 Å². The van der Waals surface area contributed by atoms with Gasteiger partial charge >= 0.3 is 0 Å². The molecule has 0 aliphatic carbocycles. The van der Waals surface area contributed by atoms with Crippen LogP contribution in [0.2, 0.25) is 0 Å². The smallest absolute Gasteiger partial charge is 0.226 e. The summed E-state index contributed by atoms with van der Waals surface area (Å²) in [6.45, 7) is 6.26. The number of hydrogen-bond acceptors (Lipinski definition) is 5. The Morgan fingerprint density at radius 2 is 2.07 bits per heavy atom. The summed E-state index contributed by atoms with van der Waals surface area (Å²) in [7, 11) is 0. The first kappa shape index (κ1) is 19.5. The number of carbonyl (C=O) groups is 1. The summed E-state index contributed by atoms with van der Waals surface area (Å²) >= 11 is 0. The van der Waals surface area contributed by atoms with Crippen LogP contribution < -0.4 is 5.32 Å². The first-order valence-corrected chi connectivity index (χ1v) is 9.85. The number of amides is 1. The molecule has 1 N–H and O–H groups in total. The van der Waals surface area contributed by atoms with E-state index in [2.05, 4.69) is 10.4 Å². The minimum Gasteiger partial charge on any atom is -0.350 e. The predicted molar refractivity (Wildman–Crippen MR) is 107 cm³/mol. The van der Waals surface area contributed by atoms with Gasteiger partial charge in [-0.3, -0.25) is 4.79 Å². The molecular weight excluding hydrogens is 376 g/mol. The molecule has 0 aromatic heterocycles. The number of nitrogens with zero attached hydrogens (tertiary/aromatic N) is 4. The highest BCUT2D eigenvalue weighted by atomic mass is 19.1. The van der Waals surface area contributed by atoms with Gasteiger partial charge in [-0.2, -0.15) is 5.10 Å². The number of amidine groups is 1. The highest BCUT2D eigenvalue weighted by molar-refractivity contribution is 5.95. The molecule has 0 radical (unpaired) electrons. The molecule has 3 heterocycles. The van der Waals surface area contributed by atoms with Gasteiger partial charge in [0, 0.05) is 23.7 Å². The second-order valence-electron chi connectivity index (χ2n) is 8.63. The maximum Gasteiger partial charge on any atom is 0.226 e. The van der Waals surface area contributed by atoms with Crippen LogP contribution in [-0.2, 0) is 4.79 Å². The van der Waals surface area contributed by atoms with Crippen molar-refractivity contribution in [1.82, 2.24) is 15.2 Å². The molecule has 2 unspecified atom stereocenters. The van der Waals surface area contributed by atoms with Crippen LogP contribution in [-0.4, -0.2) is 46.6 Å². The number of benzene rings is 1. The number of nitrogens with one attached hydrogen (secondary N) is 1. The first-order chi connectivity index (χ1) is 13.7. The molecule has 0 spiro atoms. The van der Waals surface area contributed by atoms with Gasteiger partial charge in [0.15, 0.2) is 6.17 Å². The van der Waals surface area contributed by atoms with Gasteiger partial charge in [-0.25, -0.2) is 18.8 Å². The zero-order valence-corrected chi connectivity index (χ0v) is 16.8. The summed E-state index contributed by atoms with van der Waals surface area (Å²) in [4.78, 5) is 19.2. The molecule has 3 atom stereocenters. The van der Waals surface area contributed by atoms with Gasteiger partial charge in [-0.1, -0.05) is 20.8 Å². The molecule has 8 heteroatoms. The van der Waals surface area contributed by atoms with Crippen LogP contribution in [0.25, 0.3) is 0 Å². The lowest BCUT2D eigenvalue weighted by Gasteiger charge is -2.33. The maximum absolute atomic E-state index is 14.4. The van der Waals surface area contributed by atoms with E-state index in [1.54, 1.807) is 11.2 Å². The minimum atomic E-state index is -0.521. The predicted octanol–water partition coefficient (Wildman–Crippen LogP) is 3.19. The third kappa shape index (κ3) is 3.75. The van der Waals surface area contributed by atoms with Crippen LogP contribution in [0.1, 0.15) is 45.2 Å². The van der Waals surface area contributed by atoms with Gasteiger partial charge in [-0.15, -0.1) is 0 Å². The fraction of sp³-hybridized carbons (Fsp3) is 0.476. The number of halogens is 2. The number of hydrazone groups is 1. The zero-order chi connectivity index (χ0) is 20.8. The van der Waals surface area contributed by atoms with Crippen LogP contribution in [0.3, 0.4) is 0 Å². The minimum absolute atomic E-state index is 0.0806. The zero-order valence-electron chi connectivity index (χ0n) is 16.8. The summed E-state index contributed by atoms with van der Waals surface area (Å²) in [6, 6.07) is 2.94. The van der Waals surface area contributed by atoms with E-state index in [-0.39, 0.29) is 24.2 Å². The molecule has 1 aromatic rings. The standard InChI is InChI=1S/C21H25F2N5O/c1-21(2,3)20(29)25-16-12-24-28-10-8-18(26-19(16)28)27-9-4-5-17(27)14-11-13(22)6-7-15(14)23/h6-8,10-12,16-17,19H,4-5,9H2,1-3H3,(H,25,29)/t16?,17-,19?/m1/s1. The molecule has 1 fully saturated rings. The van der Waals surface area contributed by atoms with Crippen LogP contribution in [0.4, 0.5) is 8.78 Å². The molecule has 1 aromatic carbocycles. The van der Waals surface area contributed by atoms with E-state index in [0.717, 1.165) is 18.9 Å². The fourth-order valence-corrected chi connectivity index (χ4v) is 3.83. The van der Waals surface area contributed by atoms with Gasteiger partial charge in [0.1, 0.15) is 23.5 Å². The van der Waals surface area contributed by atoms with Crippen molar-refractivity contribution in [3.63, 3.8) is 0 Å². The van der Waals surface area contributed by atoms with Gasteiger partial charge in [0.05, 0.1) is 12.3 Å². The molecule has 0 bridgehead atoms. The molecule has 1 saturated heterocycles. The van der Waals surface area contributed by atoms with E-state index in [1.165, 1.54) is 12.1 Å². The summed E-state index contributed by atoms with van der Waals surface area (Å²) < 4.78 is 28.1. The summed E-state index contributed by atoms with van der Waals surface area (Å²) in [5.74, 6) is -0.250. The van der Waals surface area contributed by atoms with Gasteiger partial charge < -0.3 is 10.2 Å². The average molecular weight is 401 g/mol. The van der Waals surface area contributed by atoms with Crippen molar-refractivity contribution < 1.29 is 13.6 Å². The van der Waals surface area contributed by atoms with E-state index in [9.17, 15) is 13.6 Å². The summed E-state index contributed by atoms with van der Waals surface area (Å²) in [5, 5.41) is 9.00. The number of fused-ring (bicyclic) bond motifs is 1. The van der Waals surface area contributed by atoms with E-state index in [1.807, 2.05) is 37.9 Å². The first-order valence-electron chi connectivity index (χ1n) is 9.85. The van der Waals surface area contributed by atoms with Crippen LogP contribution in [0.5, 0.6) is 0 Å². The van der Waals surface area contributed by atoms with E-state index < -0.39 is 17.0 Å². The second-order valence-corrected chi connectivity index (χ2v) is 8.63. The topological polar surface area (TPSA) is 60.3 Å². The Morgan fingerprint density at radius 1 is 1.28 bits per heavy atom. The molecule has 3 aliphatic heterocycles. The van der Waals surface area contributed by atoms with Gasteiger partial charge in [-0.05, 0) is 37.1 Å². The molecule has 154 valence electrons. The van der Waals surface area contributed by atoms with Crippen molar-refractivity contribution in [3.8, 4) is 0 Å². The lowest BCUT2D eigenvalue weighted by atomic mass is 9.95. The third-order valence-electron chi connectivity index (χ3n) is 5.44. The highest BCUT2D eigenvalue weighted by Crippen LogP contribution is 2.35. The van der Waals surface area contributed by atoms with Crippen LogP contribution >= 0.6 is 0 Å². The molecule has 4 rings (SSSR count). The fourth-order valence-electron chi connectivity index (χ4n) is 3.83. The second kappa shape index (κ2) is 7.24. The Labute approximate surface area is 169 Å². The van der Waals surface area contributed by atoms with Gasteiger partial charge in [0.2, 0.25) is 5.91 Å². The molecule has 1 amide bonds. The quantitative estimate of drug-likeness (QED) is 0.828. The normalized spacial score (nSPS) is 26.0. The van der Waals surface area contributed by atoms with E-state index in [0.29, 0.717) is 17.9 Å². The number of aliphatic imine (C=N–C) groups is 1. The van der Waals surface area contributed by atoms with E-state index >= 15 is 0 Å². The van der Waals surface area contributed by atoms with Crippen LogP contribution in [0.15, 0.2) is 40.6 Å². The Kier molecular flexibility index (Phi) is 4.88. The Hall–Kier alpha value is -2.77. The van der Waals surface area contributed by atoms with Crippen LogP contribution in [0, 0.1) is 17.0 Å². The molecular formula is C21H25F2N5O. The monoisotopic (exact) mass is 401 g/mol. The van der Waals surface area contributed by atoms with Crippen molar-refractivity contribution in [3.05, 3.63) is 47.7 Å². The molecule has 6 nitrogen and oxygen atoms in total. The van der Waals surface area contributed by atoms with E-state index in [4.69, 9.17) is 4.99 Å². The van der Waals surface area contributed by atoms with Crippen molar-refractivity contribution >= 4 is 18.0 Å². The highest BCUT2D eigenvalue weighted by Gasteiger charge is 2.37. The number of carbonyl (C=O) groups excluding carboxylic acids is 1. The summed E-state index contributed by atoms with van der Waals surface area (Å²) in [5.41, 5.74) is -0.172. The molecule has 0 saturated carbocycles. The lowest BCUT2D eigenvalue weighted by molar-refractivity contribution is -0.129. The maximum atomic E-state index is 14.4. The number of hydrogen-bond donors (Lipinski definition) is 1. The molecule has 3 aliphatic rings. The third-order valence-corrected chi connectivity index (χ3v) is 5.44. The molecule has 29 heavy (non-hydrogen) atoms. The van der Waals surface area contributed by atoms with Gasteiger partial charge in [0.25, 0.3) is 0 Å². The Balaban J connectivity index is 1.57. The lowest BCUT2D eigenvalue weighted by Crippen LogP contribution is -2.50.